The van der Waals surface area contributed by atoms with E-state index in [1.807, 2.05) is 6.07 Å². The predicted octanol–water partition coefficient (Wildman–Crippen LogP) is 4.65. The summed E-state index contributed by atoms with van der Waals surface area (Å²) in [5, 5.41) is 11.1. The molecule has 2 amide bonds. The maximum Gasteiger partial charge on any atom is 0.319 e. The average Bonchev–Trinajstić information content (AvgIpc) is 3.32. The lowest BCUT2D eigenvalue weighted by Crippen LogP contribution is -2.52. The first kappa shape index (κ1) is 18.3. The lowest BCUT2D eigenvalue weighted by Gasteiger charge is -2.42. The van der Waals surface area contributed by atoms with E-state index in [0.717, 1.165) is 74.0 Å². The molecule has 5 rings (SSSR count). The van der Waals surface area contributed by atoms with Gasteiger partial charge in [0.1, 0.15) is 11.3 Å². The van der Waals surface area contributed by atoms with Gasteiger partial charge in [-0.05, 0) is 37.8 Å². The van der Waals surface area contributed by atoms with Crippen molar-refractivity contribution < 1.29 is 13.9 Å². The van der Waals surface area contributed by atoms with Gasteiger partial charge in [-0.15, -0.1) is 0 Å². The van der Waals surface area contributed by atoms with Crippen molar-refractivity contribution in [3.63, 3.8) is 0 Å². The lowest BCUT2D eigenvalue weighted by molar-refractivity contribution is 0.109. The monoisotopic (exact) mass is 403 g/mol. The second-order valence-electron chi connectivity index (χ2n) is 8.23. The topological polar surface area (TPSA) is 75.5 Å². The highest BCUT2D eigenvalue weighted by molar-refractivity contribution is 6.35. The number of carbonyl (C=O) groups excluding carboxylic acids is 1. The molecule has 2 aromatic rings. The number of amides is 2. The lowest BCUT2D eigenvalue weighted by atomic mass is 9.74. The largest absolute Gasteiger partial charge is 0.459 e. The summed E-state index contributed by atoms with van der Waals surface area (Å²) in [6.45, 7) is 2.34. The summed E-state index contributed by atoms with van der Waals surface area (Å²) in [5.74, 6) is 0.875. The van der Waals surface area contributed by atoms with Crippen LogP contribution in [0.5, 0.6) is 0 Å². The molecule has 0 radical (unpaired) electrons. The van der Waals surface area contributed by atoms with Crippen LogP contribution in [-0.2, 0) is 16.8 Å². The molecule has 2 fully saturated rings. The number of carbonyl (C=O) groups is 1. The number of fused-ring (bicyclic) bond motifs is 4. The van der Waals surface area contributed by atoms with Crippen LogP contribution < -0.4 is 16.0 Å². The summed E-state index contributed by atoms with van der Waals surface area (Å²) in [6, 6.07) is 3.77. The number of nitrogens with one attached hydrogen (secondary N) is 3. The van der Waals surface area contributed by atoms with Gasteiger partial charge in [0.2, 0.25) is 0 Å². The summed E-state index contributed by atoms with van der Waals surface area (Å²) in [4.78, 5) is 12.3. The number of furan rings is 1. The highest BCUT2D eigenvalue weighted by Crippen LogP contribution is 2.48. The maximum absolute atomic E-state index is 12.3. The molecule has 1 aromatic heterocycles. The Labute approximate surface area is 169 Å². The summed E-state index contributed by atoms with van der Waals surface area (Å²) < 4.78 is 12.0. The van der Waals surface area contributed by atoms with Crippen LogP contribution in [0.25, 0.3) is 11.0 Å². The van der Waals surface area contributed by atoms with E-state index in [0.29, 0.717) is 23.4 Å². The van der Waals surface area contributed by atoms with Crippen molar-refractivity contribution in [1.82, 2.24) is 10.6 Å². The molecule has 3 N–H and O–H groups in total. The quantitative estimate of drug-likeness (QED) is 0.694. The Morgan fingerprint density at radius 1 is 1.21 bits per heavy atom. The fourth-order valence-corrected chi connectivity index (χ4v) is 5.24. The van der Waals surface area contributed by atoms with Crippen molar-refractivity contribution in [3.05, 3.63) is 28.5 Å². The molecule has 1 saturated heterocycles. The summed E-state index contributed by atoms with van der Waals surface area (Å²) in [7, 11) is 0. The zero-order valence-corrected chi connectivity index (χ0v) is 16.7. The van der Waals surface area contributed by atoms with E-state index >= 15 is 0 Å². The first-order valence-corrected chi connectivity index (χ1v) is 10.7. The Hall–Kier alpha value is -1.76. The standard InChI is InChI=1S/C21H26ClN3O3/c22-16-10-13-9-15(12-23-11-14-5-4-8-27-14)28-19(13)17-18(16)24-20(26)25-21(17)6-2-1-3-7-21/h9-10,14,23H,1-8,11-12H2,(H2,24,25,26). The van der Waals surface area contributed by atoms with Crippen LogP contribution >= 0.6 is 11.6 Å². The molecular formula is C21H26ClN3O3. The highest BCUT2D eigenvalue weighted by Gasteiger charge is 2.43. The Kier molecular flexibility index (Phi) is 4.73. The van der Waals surface area contributed by atoms with E-state index in [-0.39, 0.29) is 11.6 Å². The summed E-state index contributed by atoms with van der Waals surface area (Å²) >= 11 is 6.57. The molecule has 1 aliphatic carbocycles. The smallest absolute Gasteiger partial charge is 0.319 e. The van der Waals surface area contributed by atoms with Gasteiger partial charge in [0.15, 0.2) is 0 Å². The van der Waals surface area contributed by atoms with Gasteiger partial charge in [0.25, 0.3) is 0 Å². The first-order chi connectivity index (χ1) is 13.6. The Morgan fingerprint density at radius 2 is 2.07 bits per heavy atom. The number of rotatable bonds is 4. The van der Waals surface area contributed by atoms with Gasteiger partial charge in [-0.2, -0.15) is 0 Å². The third-order valence-corrected chi connectivity index (χ3v) is 6.58. The molecule has 6 nitrogen and oxygen atoms in total. The fourth-order valence-electron chi connectivity index (χ4n) is 4.99. The second-order valence-corrected chi connectivity index (χ2v) is 8.63. The number of urea groups is 1. The normalized spacial score (nSPS) is 23.6. The van der Waals surface area contributed by atoms with Crippen LogP contribution in [0.1, 0.15) is 56.3 Å². The van der Waals surface area contributed by atoms with Crippen molar-refractivity contribution in [2.75, 3.05) is 18.5 Å². The average molecular weight is 404 g/mol. The zero-order valence-electron chi connectivity index (χ0n) is 15.9. The van der Waals surface area contributed by atoms with Gasteiger partial charge in [0.05, 0.1) is 28.9 Å². The number of halogens is 1. The molecule has 28 heavy (non-hydrogen) atoms. The van der Waals surface area contributed by atoms with Crippen molar-refractivity contribution >= 4 is 34.3 Å². The van der Waals surface area contributed by atoms with Crippen LogP contribution in [0, 0.1) is 0 Å². The van der Waals surface area contributed by atoms with Gasteiger partial charge in [-0.1, -0.05) is 30.9 Å². The Bertz CT molecular complexity index is 898. The Balaban J connectivity index is 1.49. The molecule has 3 heterocycles. The summed E-state index contributed by atoms with van der Waals surface area (Å²) in [5.41, 5.74) is 2.16. The minimum Gasteiger partial charge on any atom is -0.459 e. The predicted molar refractivity (Wildman–Crippen MR) is 109 cm³/mol. The SMILES string of the molecule is O=C1Nc2c(Cl)cc3cc(CNCC4CCCO4)oc3c2C2(CCCCC2)N1. The van der Waals surface area contributed by atoms with Crippen LogP contribution in [0.2, 0.25) is 5.02 Å². The van der Waals surface area contributed by atoms with Crippen molar-refractivity contribution in [3.8, 4) is 0 Å². The van der Waals surface area contributed by atoms with Crippen LogP contribution in [0.4, 0.5) is 10.5 Å². The van der Waals surface area contributed by atoms with E-state index in [2.05, 4.69) is 22.0 Å². The molecular weight excluding hydrogens is 378 g/mol. The molecule has 0 bridgehead atoms. The maximum atomic E-state index is 12.3. The number of benzene rings is 1. The van der Waals surface area contributed by atoms with E-state index < -0.39 is 0 Å². The minimum absolute atomic E-state index is 0.180. The number of anilines is 1. The first-order valence-electron chi connectivity index (χ1n) is 10.3. The van der Waals surface area contributed by atoms with E-state index in [4.69, 9.17) is 20.8 Å². The van der Waals surface area contributed by atoms with Gasteiger partial charge in [-0.25, -0.2) is 4.79 Å². The van der Waals surface area contributed by atoms with Crippen LogP contribution in [0.15, 0.2) is 16.5 Å². The molecule has 1 aromatic carbocycles. The number of ether oxygens (including phenoxy) is 1. The second kappa shape index (κ2) is 7.25. The van der Waals surface area contributed by atoms with E-state index in [1.54, 1.807) is 0 Å². The highest BCUT2D eigenvalue weighted by atomic mass is 35.5. The van der Waals surface area contributed by atoms with Crippen molar-refractivity contribution in [2.24, 2.45) is 0 Å². The van der Waals surface area contributed by atoms with Crippen LogP contribution in [0.3, 0.4) is 0 Å². The molecule has 3 aliphatic rings. The molecule has 1 unspecified atom stereocenters. The molecule has 1 atom stereocenters. The summed E-state index contributed by atoms with van der Waals surface area (Å²) in [6.07, 6.45) is 7.75. The molecule has 7 heteroatoms. The van der Waals surface area contributed by atoms with Crippen LogP contribution in [-0.4, -0.2) is 25.3 Å². The fraction of sp³-hybridized carbons (Fsp3) is 0.571. The van der Waals surface area contributed by atoms with Gasteiger partial charge in [-0.3, -0.25) is 0 Å². The number of hydrogen-bond donors (Lipinski definition) is 3. The Morgan fingerprint density at radius 3 is 2.86 bits per heavy atom. The van der Waals surface area contributed by atoms with E-state index in [1.165, 1.54) is 6.42 Å². The van der Waals surface area contributed by atoms with Crippen molar-refractivity contribution in [2.45, 2.75) is 63.1 Å². The van der Waals surface area contributed by atoms with E-state index in [9.17, 15) is 4.79 Å². The van der Waals surface area contributed by atoms with Crippen molar-refractivity contribution in [1.29, 1.82) is 0 Å². The zero-order chi connectivity index (χ0) is 19.1. The molecule has 2 aliphatic heterocycles. The van der Waals surface area contributed by atoms with Gasteiger partial charge < -0.3 is 25.1 Å². The third kappa shape index (κ3) is 3.17. The molecule has 150 valence electrons. The third-order valence-electron chi connectivity index (χ3n) is 6.28. The van der Waals surface area contributed by atoms with Gasteiger partial charge >= 0.3 is 6.03 Å². The van der Waals surface area contributed by atoms with Gasteiger partial charge in [0, 0.05) is 24.1 Å². The number of hydrogen-bond acceptors (Lipinski definition) is 4. The molecule has 1 saturated carbocycles. The minimum atomic E-state index is -0.390. The molecule has 1 spiro atoms.